The van der Waals surface area contributed by atoms with E-state index in [1.807, 2.05) is 108 Å². The van der Waals surface area contributed by atoms with Gasteiger partial charge in [0.05, 0.1) is 22.3 Å². The molecule has 2 aromatic heterocycles. The Morgan fingerprint density at radius 2 is 1.11 bits per heavy atom. The first-order valence-corrected chi connectivity index (χ1v) is 24.5. The number of pyridine rings is 1. The molecule has 0 aliphatic heterocycles. The number of aryl methyl sites for hydroxylation is 1. The van der Waals surface area contributed by atoms with Crippen molar-refractivity contribution in [1.82, 2.24) is 14.5 Å². The summed E-state index contributed by atoms with van der Waals surface area (Å²) in [6.07, 6.45) is 1.84. The van der Waals surface area contributed by atoms with E-state index >= 15 is 0 Å². The molecule has 5 heteroatoms. The van der Waals surface area contributed by atoms with Gasteiger partial charge in [0.1, 0.15) is 11.6 Å². The van der Waals surface area contributed by atoms with Gasteiger partial charge in [0.15, 0.2) is 0 Å². The van der Waals surface area contributed by atoms with Gasteiger partial charge < -0.3 is 5.11 Å². The molecule has 0 bridgehead atoms. The molecule has 0 atom stereocenters. The number of phenolic OH excluding ortho intramolecular Hbond substituents is 1. The molecule has 2 heterocycles. The van der Waals surface area contributed by atoms with E-state index < -0.39 is 12.3 Å². The van der Waals surface area contributed by atoms with Gasteiger partial charge in [-0.15, -0.1) is 23.8 Å². The van der Waals surface area contributed by atoms with E-state index in [2.05, 4.69) is 153 Å². The minimum Gasteiger partial charge on any atom is -0.507 e. The molecule has 10 rings (SSSR count). The van der Waals surface area contributed by atoms with Crippen molar-refractivity contribution in [3.63, 3.8) is 0 Å². The van der Waals surface area contributed by atoms with Crippen molar-refractivity contribution in [3.8, 4) is 89.7 Å². The van der Waals surface area contributed by atoms with Crippen LogP contribution >= 0.6 is 0 Å². The number of fused-ring (bicyclic) bond motifs is 1. The summed E-state index contributed by atoms with van der Waals surface area (Å²) < 4.78 is 29.9. The van der Waals surface area contributed by atoms with E-state index in [4.69, 9.17) is 9.97 Å². The largest absolute Gasteiger partial charge is 0.507 e. The van der Waals surface area contributed by atoms with Crippen molar-refractivity contribution in [2.75, 3.05) is 0 Å². The van der Waals surface area contributed by atoms with Gasteiger partial charge >= 0.3 is 0 Å². The molecule has 362 valence electrons. The smallest absolute Gasteiger partial charge is 0.148 e. The molecule has 8 aromatic carbocycles. The number of para-hydroxylation sites is 1. The maximum Gasteiger partial charge on any atom is 0.148 e. The summed E-state index contributed by atoms with van der Waals surface area (Å²) in [6, 6.07) is 65.4. The Hall–Kier alpha value is -7.13. The number of aromatic nitrogens is 3. The molecule has 4 nitrogen and oxygen atoms in total. The van der Waals surface area contributed by atoms with Crippen LogP contribution in [0.4, 0.5) is 0 Å². The van der Waals surface area contributed by atoms with Crippen LogP contribution in [0.3, 0.4) is 0 Å². The van der Waals surface area contributed by atoms with Crippen LogP contribution in [0, 0.1) is 12.9 Å². The Morgan fingerprint density at radius 1 is 0.500 bits per heavy atom. The number of rotatable bonds is 8. The minimum atomic E-state index is -2.57. The van der Waals surface area contributed by atoms with E-state index in [-0.39, 0.29) is 43.2 Å². The number of aromatic hydroxyl groups is 1. The van der Waals surface area contributed by atoms with Crippen molar-refractivity contribution < 1.29 is 30.3 Å². The SMILES string of the molecule is [2H]C([2H])([2H])c1cc(-c2c(-c3ccccc3)cccc2C(C)(C)C)ccc1-n1c(-c2cc(C(C)(C)C)cc(C(C)(C)C)c2O)nc2c(-c3[c-]c(-c4cc(-c5ccccc5)ccn4)cc(-c4ccccc4)c3)cccc21.[Pt]. The molecule has 0 radical (unpaired) electrons. The number of hydrogen-bond donors (Lipinski definition) is 1. The second-order valence-electron chi connectivity index (χ2n) is 21.8. The standard InChI is InChI=1S/C67H62N3O.Pt/c1-43-36-48(61-53(46-26-18-13-19-27-46)28-20-30-56(61)66(5,6)7)32-33-59(43)70-60-31-21-29-54(62(60)69-64(70)55-41-52(65(2,3)4)42-57(63(55)71)67(8,9)10)50-37-49(45-24-16-12-17-25-45)38-51(39-50)58-40-47(34-35-68-58)44-22-14-11-15-23-44;/h11-38,40-42,71H,1-10H3;/q-1;/i1D3;. The van der Waals surface area contributed by atoms with Crippen LogP contribution in [0.5, 0.6) is 5.75 Å². The predicted molar refractivity (Wildman–Crippen MR) is 298 cm³/mol. The van der Waals surface area contributed by atoms with Gasteiger partial charge in [0.2, 0.25) is 0 Å². The van der Waals surface area contributed by atoms with Gasteiger partial charge in [-0.3, -0.25) is 9.55 Å². The Kier molecular flexibility index (Phi) is 12.4. The van der Waals surface area contributed by atoms with Crippen LogP contribution < -0.4 is 0 Å². The predicted octanol–water partition coefficient (Wildman–Crippen LogP) is 17.8. The van der Waals surface area contributed by atoms with Crippen LogP contribution in [0.1, 0.15) is 88.7 Å². The summed E-state index contributed by atoms with van der Waals surface area (Å²) in [6.45, 7) is 16.8. The second kappa shape index (κ2) is 19.5. The Morgan fingerprint density at radius 3 is 1.75 bits per heavy atom. The Bertz CT molecular complexity index is 3710. The molecular weight excluding hydrogens is 1060 g/mol. The van der Waals surface area contributed by atoms with E-state index in [1.54, 1.807) is 0 Å². The fourth-order valence-electron chi connectivity index (χ4n) is 9.82. The van der Waals surface area contributed by atoms with Crippen molar-refractivity contribution in [2.24, 2.45) is 0 Å². The van der Waals surface area contributed by atoms with E-state index in [1.165, 1.54) is 0 Å². The number of phenols is 1. The third-order valence-corrected chi connectivity index (χ3v) is 13.6. The average Bonchev–Trinajstić information content (AvgIpc) is 3.77. The van der Waals surface area contributed by atoms with Gasteiger partial charge in [-0.2, -0.15) is 0 Å². The van der Waals surface area contributed by atoms with Gasteiger partial charge in [0.25, 0.3) is 0 Å². The van der Waals surface area contributed by atoms with Crippen LogP contribution in [-0.2, 0) is 37.3 Å². The van der Waals surface area contributed by atoms with E-state index in [0.29, 0.717) is 28.1 Å². The zero-order chi connectivity index (χ0) is 52.3. The molecule has 10 aromatic rings. The number of hydrogen-bond acceptors (Lipinski definition) is 3. The summed E-state index contributed by atoms with van der Waals surface area (Å²) in [5.74, 6) is 0.531. The molecule has 0 aliphatic rings. The average molecular weight is 1120 g/mol. The summed E-state index contributed by atoms with van der Waals surface area (Å²) in [4.78, 5) is 10.5. The summed E-state index contributed by atoms with van der Waals surface area (Å²) in [7, 11) is 0. The maximum absolute atomic E-state index is 12.7. The summed E-state index contributed by atoms with van der Waals surface area (Å²) in [5, 5.41) is 12.7. The molecule has 0 aliphatic carbocycles. The van der Waals surface area contributed by atoms with Crippen LogP contribution in [-0.4, -0.2) is 19.6 Å². The van der Waals surface area contributed by atoms with Gasteiger partial charge in [-0.1, -0.05) is 219 Å². The van der Waals surface area contributed by atoms with Gasteiger partial charge in [-0.25, -0.2) is 4.98 Å². The van der Waals surface area contributed by atoms with Crippen LogP contribution in [0.15, 0.2) is 188 Å². The molecule has 0 saturated heterocycles. The van der Waals surface area contributed by atoms with Gasteiger partial charge in [-0.05, 0) is 109 Å². The molecule has 0 amide bonds. The van der Waals surface area contributed by atoms with Crippen LogP contribution in [0.25, 0.3) is 95.0 Å². The maximum atomic E-state index is 12.7. The van der Waals surface area contributed by atoms with Gasteiger partial charge in [0, 0.05) is 42.6 Å². The fourth-order valence-corrected chi connectivity index (χ4v) is 9.82. The number of benzene rings is 8. The summed E-state index contributed by atoms with van der Waals surface area (Å²) >= 11 is 0. The van der Waals surface area contributed by atoms with E-state index in [0.717, 1.165) is 83.6 Å². The number of imidazole rings is 1. The third kappa shape index (κ3) is 9.66. The molecule has 72 heavy (non-hydrogen) atoms. The summed E-state index contributed by atoms with van der Waals surface area (Å²) in [5.41, 5.74) is 15.5. The Balaban J connectivity index is 0.00000689. The third-order valence-electron chi connectivity index (χ3n) is 13.6. The van der Waals surface area contributed by atoms with Crippen molar-refractivity contribution in [1.29, 1.82) is 0 Å². The van der Waals surface area contributed by atoms with Crippen LogP contribution in [0.2, 0.25) is 0 Å². The normalized spacial score (nSPS) is 12.8. The molecule has 0 fully saturated rings. The van der Waals surface area contributed by atoms with Crippen molar-refractivity contribution in [2.45, 2.75) is 85.4 Å². The zero-order valence-electron chi connectivity index (χ0n) is 45.5. The van der Waals surface area contributed by atoms with E-state index in [9.17, 15) is 9.22 Å². The molecule has 0 spiro atoms. The second-order valence-corrected chi connectivity index (χ2v) is 21.8. The molecule has 0 unspecified atom stereocenters. The fraction of sp³-hybridized carbons (Fsp3) is 0.194. The Labute approximate surface area is 445 Å². The molecule has 0 saturated carbocycles. The molecular formula is C67H62N3OPt-. The monoisotopic (exact) mass is 1120 g/mol. The number of nitrogens with zero attached hydrogens (tertiary/aromatic N) is 3. The zero-order valence-corrected chi connectivity index (χ0v) is 44.8. The first kappa shape index (κ1) is 46.0. The minimum absolute atomic E-state index is 0. The first-order valence-electron chi connectivity index (χ1n) is 26.0. The topological polar surface area (TPSA) is 50.9 Å². The quantitative estimate of drug-likeness (QED) is 0.154. The molecule has 1 N–H and O–H groups in total. The first-order chi connectivity index (χ1) is 35.1. The van der Waals surface area contributed by atoms with Crippen molar-refractivity contribution >= 4 is 11.0 Å². The van der Waals surface area contributed by atoms with Crippen molar-refractivity contribution in [3.05, 3.63) is 217 Å².